The highest BCUT2D eigenvalue weighted by Crippen LogP contribution is 2.24. The molecule has 1 N–H and O–H groups in total. The van der Waals surface area contributed by atoms with Crippen molar-refractivity contribution in [1.82, 2.24) is 10.3 Å². The average molecular weight is 318 g/mol. The third-order valence-corrected chi connectivity index (χ3v) is 4.26. The average Bonchev–Trinajstić information content (AvgIpc) is 3.02. The van der Waals surface area contributed by atoms with Crippen LogP contribution in [0.3, 0.4) is 0 Å². The van der Waals surface area contributed by atoms with Crippen molar-refractivity contribution in [2.75, 3.05) is 13.7 Å². The molecule has 4 nitrogen and oxygen atoms in total. The summed E-state index contributed by atoms with van der Waals surface area (Å²) in [6.07, 6.45) is 3.39. The van der Waals surface area contributed by atoms with Crippen molar-refractivity contribution in [3.63, 3.8) is 0 Å². The Morgan fingerprint density at radius 2 is 2.09 bits per heavy atom. The van der Waals surface area contributed by atoms with Crippen molar-refractivity contribution in [3.8, 4) is 17.0 Å². The predicted octanol–water partition coefficient (Wildman–Crippen LogP) is 3.67. The molecule has 0 saturated heterocycles. The van der Waals surface area contributed by atoms with Crippen molar-refractivity contribution in [2.45, 2.75) is 32.6 Å². The lowest BCUT2D eigenvalue weighted by Gasteiger charge is -2.03. The monoisotopic (exact) mass is 318 g/mol. The topological polar surface area (TPSA) is 51.2 Å². The summed E-state index contributed by atoms with van der Waals surface area (Å²) in [5.74, 6) is 0.975. The van der Waals surface area contributed by atoms with Crippen LogP contribution in [-0.4, -0.2) is 24.5 Å². The first-order valence-electron chi connectivity index (χ1n) is 7.58. The summed E-state index contributed by atoms with van der Waals surface area (Å²) >= 11 is 1.63. The maximum Gasteiger partial charge on any atom is 0.220 e. The van der Waals surface area contributed by atoms with Crippen LogP contribution >= 0.6 is 11.3 Å². The van der Waals surface area contributed by atoms with Crippen LogP contribution in [-0.2, 0) is 11.2 Å². The van der Waals surface area contributed by atoms with Gasteiger partial charge in [0, 0.05) is 30.3 Å². The number of nitrogens with one attached hydrogen (secondary N) is 1. The van der Waals surface area contributed by atoms with E-state index in [2.05, 4.69) is 22.6 Å². The molecule has 2 rings (SSSR count). The number of amides is 1. The third kappa shape index (κ3) is 4.84. The second-order valence-electron chi connectivity index (χ2n) is 5.06. The fourth-order valence-corrected chi connectivity index (χ4v) is 2.86. The van der Waals surface area contributed by atoms with Crippen LogP contribution in [0.15, 0.2) is 29.6 Å². The molecule has 0 spiro atoms. The van der Waals surface area contributed by atoms with E-state index in [9.17, 15) is 4.79 Å². The van der Waals surface area contributed by atoms with Gasteiger partial charge in [-0.2, -0.15) is 0 Å². The van der Waals surface area contributed by atoms with Gasteiger partial charge in [-0.05, 0) is 30.7 Å². The first-order valence-corrected chi connectivity index (χ1v) is 8.46. The van der Waals surface area contributed by atoms with E-state index in [1.165, 1.54) is 0 Å². The minimum Gasteiger partial charge on any atom is -0.497 e. The summed E-state index contributed by atoms with van der Waals surface area (Å²) in [6, 6.07) is 7.87. The molecule has 0 aliphatic carbocycles. The van der Waals surface area contributed by atoms with E-state index >= 15 is 0 Å². The zero-order valence-electron chi connectivity index (χ0n) is 13.1. The van der Waals surface area contributed by atoms with Crippen molar-refractivity contribution >= 4 is 17.2 Å². The summed E-state index contributed by atoms with van der Waals surface area (Å²) in [5.41, 5.74) is 2.05. The largest absolute Gasteiger partial charge is 0.497 e. The smallest absolute Gasteiger partial charge is 0.220 e. The Labute approximate surface area is 135 Å². The van der Waals surface area contributed by atoms with Gasteiger partial charge >= 0.3 is 0 Å². The van der Waals surface area contributed by atoms with Crippen molar-refractivity contribution in [3.05, 3.63) is 34.7 Å². The number of hydrogen-bond acceptors (Lipinski definition) is 4. The number of unbranched alkanes of at least 4 members (excludes halogenated alkanes) is 1. The lowest BCUT2D eigenvalue weighted by Crippen LogP contribution is -2.25. The molecular weight excluding hydrogens is 296 g/mol. The van der Waals surface area contributed by atoms with Crippen LogP contribution in [0.5, 0.6) is 5.75 Å². The minimum absolute atomic E-state index is 0.133. The fraction of sp³-hybridized carbons (Fsp3) is 0.412. The van der Waals surface area contributed by atoms with Crippen LogP contribution < -0.4 is 10.1 Å². The first kappa shape index (κ1) is 16.5. The molecule has 0 saturated carbocycles. The van der Waals surface area contributed by atoms with Gasteiger partial charge in [-0.3, -0.25) is 4.79 Å². The first-order chi connectivity index (χ1) is 10.7. The molecule has 1 heterocycles. The summed E-state index contributed by atoms with van der Waals surface area (Å²) in [6.45, 7) is 2.74. The molecule has 0 aliphatic heterocycles. The van der Waals surface area contributed by atoms with E-state index in [0.29, 0.717) is 13.0 Å². The third-order valence-electron chi connectivity index (χ3n) is 3.36. The fourth-order valence-electron chi connectivity index (χ4n) is 2.05. The highest BCUT2D eigenvalue weighted by atomic mass is 32.1. The zero-order chi connectivity index (χ0) is 15.8. The van der Waals surface area contributed by atoms with E-state index < -0.39 is 0 Å². The number of methoxy groups -OCH3 is 1. The van der Waals surface area contributed by atoms with E-state index in [1.54, 1.807) is 18.4 Å². The van der Waals surface area contributed by atoms with Crippen molar-refractivity contribution < 1.29 is 9.53 Å². The van der Waals surface area contributed by atoms with E-state index in [1.807, 2.05) is 24.3 Å². The number of hydrogen-bond donors (Lipinski definition) is 1. The number of aromatic nitrogens is 1. The molecule has 0 bridgehead atoms. The van der Waals surface area contributed by atoms with Crippen molar-refractivity contribution in [2.24, 2.45) is 0 Å². The summed E-state index contributed by atoms with van der Waals surface area (Å²) in [5, 5.41) is 6.04. The van der Waals surface area contributed by atoms with Gasteiger partial charge in [0.2, 0.25) is 5.91 Å². The highest BCUT2D eigenvalue weighted by Gasteiger charge is 2.06. The van der Waals surface area contributed by atoms with Gasteiger partial charge < -0.3 is 10.1 Å². The Morgan fingerprint density at radius 3 is 2.77 bits per heavy atom. The normalized spacial score (nSPS) is 10.5. The molecule has 5 heteroatoms. The zero-order valence-corrected chi connectivity index (χ0v) is 13.9. The summed E-state index contributed by atoms with van der Waals surface area (Å²) in [4.78, 5) is 16.2. The summed E-state index contributed by atoms with van der Waals surface area (Å²) in [7, 11) is 1.66. The van der Waals surface area contributed by atoms with Crippen LogP contribution in [0, 0.1) is 0 Å². The number of carbonyl (C=O) groups excluding carboxylic acids is 1. The van der Waals surface area contributed by atoms with Gasteiger partial charge in [0.1, 0.15) is 5.75 Å². The van der Waals surface area contributed by atoms with Gasteiger partial charge in [-0.1, -0.05) is 13.3 Å². The molecular formula is C17H22N2O2S. The highest BCUT2D eigenvalue weighted by molar-refractivity contribution is 7.09. The number of thiazole rings is 1. The van der Waals surface area contributed by atoms with E-state index in [-0.39, 0.29) is 5.91 Å². The molecule has 22 heavy (non-hydrogen) atoms. The molecule has 0 unspecified atom stereocenters. The van der Waals surface area contributed by atoms with E-state index in [0.717, 1.165) is 41.3 Å². The Morgan fingerprint density at radius 1 is 1.32 bits per heavy atom. The molecule has 2 aromatic rings. The Kier molecular flexibility index (Phi) is 6.40. The Hall–Kier alpha value is -1.88. The molecule has 1 amide bonds. The number of rotatable bonds is 8. The van der Waals surface area contributed by atoms with Crippen LogP contribution in [0.25, 0.3) is 11.3 Å². The van der Waals surface area contributed by atoms with Gasteiger partial charge in [0.25, 0.3) is 0 Å². The molecule has 0 atom stereocenters. The van der Waals surface area contributed by atoms with Gasteiger partial charge in [0.15, 0.2) is 0 Å². The number of nitrogens with zero attached hydrogens (tertiary/aromatic N) is 1. The summed E-state index contributed by atoms with van der Waals surface area (Å²) < 4.78 is 5.16. The number of benzene rings is 1. The number of ether oxygens (including phenoxy) is 1. The van der Waals surface area contributed by atoms with Crippen molar-refractivity contribution in [1.29, 1.82) is 0 Å². The second-order valence-corrected chi connectivity index (χ2v) is 6.00. The minimum atomic E-state index is 0.133. The van der Waals surface area contributed by atoms with Gasteiger partial charge in [-0.25, -0.2) is 4.98 Å². The Balaban J connectivity index is 1.84. The molecule has 1 aromatic heterocycles. The molecule has 0 fully saturated rings. The second kappa shape index (κ2) is 8.54. The molecule has 1 aromatic carbocycles. The quantitative estimate of drug-likeness (QED) is 0.808. The van der Waals surface area contributed by atoms with E-state index in [4.69, 9.17) is 4.74 Å². The SMILES string of the molecule is CCCCC(=O)NCCc1nc(-c2ccc(OC)cc2)cs1. The molecule has 0 aliphatic rings. The maximum atomic E-state index is 11.5. The van der Waals surface area contributed by atoms with Gasteiger partial charge in [0.05, 0.1) is 17.8 Å². The maximum absolute atomic E-state index is 11.5. The lowest BCUT2D eigenvalue weighted by molar-refractivity contribution is -0.121. The lowest BCUT2D eigenvalue weighted by atomic mass is 10.2. The van der Waals surface area contributed by atoms with Crippen LogP contribution in [0.4, 0.5) is 0 Å². The van der Waals surface area contributed by atoms with Crippen LogP contribution in [0.1, 0.15) is 31.2 Å². The number of carbonyl (C=O) groups is 1. The molecule has 118 valence electrons. The van der Waals surface area contributed by atoms with Crippen LogP contribution in [0.2, 0.25) is 0 Å². The molecule has 0 radical (unpaired) electrons. The standard InChI is InChI=1S/C17H22N2O2S/c1-3-4-5-16(20)18-11-10-17-19-15(12-22-17)13-6-8-14(21-2)9-7-13/h6-9,12H,3-5,10-11H2,1-2H3,(H,18,20). The Bertz CT molecular complexity index is 593. The van der Waals surface area contributed by atoms with Gasteiger partial charge in [-0.15, -0.1) is 11.3 Å². The predicted molar refractivity (Wildman–Crippen MR) is 90.3 cm³/mol.